The summed E-state index contributed by atoms with van der Waals surface area (Å²) in [6.45, 7) is -0.144. The van der Waals surface area contributed by atoms with Gasteiger partial charge >= 0.3 is 0 Å². The molecule has 0 aromatic rings. The highest BCUT2D eigenvalue weighted by Gasteiger charge is 1.98. The van der Waals surface area contributed by atoms with E-state index in [0.717, 1.165) is 0 Å². The first kappa shape index (κ1) is 7.84. The Kier molecular flexibility index (Phi) is 4.89. The third-order valence-electron chi connectivity index (χ3n) is 0.631. The van der Waals surface area contributed by atoms with E-state index in [1.807, 2.05) is 0 Å². The molecule has 0 radical (unpaired) electrons. The number of aliphatic hydroxyl groups excluding tert-OH is 2. The summed E-state index contributed by atoms with van der Waals surface area (Å²) in [5, 5.41) is 16.8. The van der Waals surface area contributed by atoms with Crippen molar-refractivity contribution < 1.29 is 15.1 Å². The smallest absolute Gasteiger partial charge is 0.102 e. The van der Waals surface area contributed by atoms with E-state index in [2.05, 4.69) is 10.3 Å². The first-order valence-electron chi connectivity index (χ1n) is 2.38. The summed E-state index contributed by atoms with van der Waals surface area (Å²) >= 11 is 0. The molecule has 0 aliphatic carbocycles. The van der Waals surface area contributed by atoms with Crippen molar-refractivity contribution in [3.8, 4) is 0 Å². The van der Waals surface area contributed by atoms with Gasteiger partial charge in [0.2, 0.25) is 0 Å². The summed E-state index contributed by atoms with van der Waals surface area (Å²) in [7, 11) is 1.59. The Hall–Kier alpha value is -0.160. The average molecular weight is 121 g/mol. The molecule has 0 aromatic carbocycles. The SMILES string of the molecule is CNOC[C@H](O)CO. The lowest BCUT2D eigenvalue weighted by molar-refractivity contribution is -0.0288. The molecule has 0 saturated heterocycles. The van der Waals surface area contributed by atoms with Gasteiger partial charge in [-0.2, -0.15) is 0 Å². The molecule has 4 heteroatoms. The molecule has 0 bridgehead atoms. The molecule has 50 valence electrons. The van der Waals surface area contributed by atoms with Gasteiger partial charge < -0.3 is 10.2 Å². The molecule has 0 rings (SSSR count). The minimum Gasteiger partial charge on any atom is -0.394 e. The lowest BCUT2D eigenvalue weighted by Crippen LogP contribution is -2.23. The second kappa shape index (κ2) is 4.99. The van der Waals surface area contributed by atoms with E-state index < -0.39 is 6.10 Å². The van der Waals surface area contributed by atoms with Crippen molar-refractivity contribution in [2.24, 2.45) is 0 Å². The lowest BCUT2D eigenvalue weighted by Gasteiger charge is -2.04. The van der Waals surface area contributed by atoms with Crippen LogP contribution < -0.4 is 5.48 Å². The Morgan fingerprint density at radius 2 is 2.38 bits per heavy atom. The Morgan fingerprint density at radius 3 is 2.75 bits per heavy atom. The number of hydrogen-bond acceptors (Lipinski definition) is 4. The predicted octanol–water partition coefficient (Wildman–Crippen LogP) is -1.51. The molecule has 1 atom stereocenters. The van der Waals surface area contributed by atoms with Gasteiger partial charge in [0.1, 0.15) is 6.10 Å². The van der Waals surface area contributed by atoms with Crippen LogP contribution in [-0.4, -0.2) is 36.6 Å². The van der Waals surface area contributed by atoms with E-state index in [4.69, 9.17) is 10.2 Å². The molecule has 0 fully saturated rings. The fourth-order valence-electron chi connectivity index (χ4n) is 0.232. The van der Waals surface area contributed by atoms with Crippen LogP contribution >= 0.6 is 0 Å². The molecule has 0 amide bonds. The highest BCUT2D eigenvalue weighted by atomic mass is 16.6. The zero-order valence-electron chi connectivity index (χ0n) is 4.79. The number of nitrogens with one attached hydrogen (secondary N) is 1. The van der Waals surface area contributed by atoms with Crippen molar-refractivity contribution in [2.75, 3.05) is 20.3 Å². The van der Waals surface area contributed by atoms with Crippen LogP contribution in [0.25, 0.3) is 0 Å². The molecule has 3 N–H and O–H groups in total. The van der Waals surface area contributed by atoms with Gasteiger partial charge in [-0.25, -0.2) is 5.48 Å². The summed E-state index contributed by atoms with van der Waals surface area (Å²) in [4.78, 5) is 4.53. The molecule has 4 nitrogen and oxygen atoms in total. The third-order valence-corrected chi connectivity index (χ3v) is 0.631. The standard InChI is InChI=1S/C4H11NO3/c1-5-8-3-4(7)2-6/h4-7H,2-3H2,1H3/t4-/m1/s1. The van der Waals surface area contributed by atoms with E-state index >= 15 is 0 Å². The summed E-state index contributed by atoms with van der Waals surface area (Å²) in [6, 6.07) is 0. The van der Waals surface area contributed by atoms with Crippen LogP contribution in [0.2, 0.25) is 0 Å². The molecule has 0 aliphatic heterocycles. The van der Waals surface area contributed by atoms with Crippen LogP contribution in [-0.2, 0) is 4.84 Å². The quantitative estimate of drug-likeness (QED) is 0.396. The molecule has 0 heterocycles. The van der Waals surface area contributed by atoms with Gasteiger partial charge in [0, 0.05) is 7.05 Å². The largest absolute Gasteiger partial charge is 0.394 e. The zero-order valence-corrected chi connectivity index (χ0v) is 4.79. The lowest BCUT2D eigenvalue weighted by atomic mass is 10.4. The summed E-state index contributed by atoms with van der Waals surface area (Å²) in [5.74, 6) is 0. The number of hydrogen-bond donors (Lipinski definition) is 3. The normalized spacial score (nSPS) is 13.9. The molecule has 0 aromatic heterocycles. The Labute approximate surface area is 48.0 Å². The fraction of sp³-hybridized carbons (Fsp3) is 1.00. The van der Waals surface area contributed by atoms with Crippen molar-refractivity contribution in [1.82, 2.24) is 5.48 Å². The summed E-state index contributed by atoms with van der Waals surface area (Å²) in [5.41, 5.74) is 2.36. The molecular weight excluding hydrogens is 110 g/mol. The molecule has 0 spiro atoms. The second-order valence-corrected chi connectivity index (χ2v) is 1.35. The van der Waals surface area contributed by atoms with E-state index in [-0.39, 0.29) is 13.2 Å². The van der Waals surface area contributed by atoms with Gasteiger partial charge in [-0.05, 0) is 0 Å². The molecule has 0 unspecified atom stereocenters. The molecule has 8 heavy (non-hydrogen) atoms. The van der Waals surface area contributed by atoms with E-state index in [0.29, 0.717) is 0 Å². The summed E-state index contributed by atoms with van der Waals surface area (Å²) in [6.07, 6.45) is -0.776. The van der Waals surface area contributed by atoms with Crippen LogP contribution in [0.1, 0.15) is 0 Å². The highest BCUT2D eigenvalue weighted by Crippen LogP contribution is 1.77. The maximum Gasteiger partial charge on any atom is 0.102 e. The second-order valence-electron chi connectivity index (χ2n) is 1.35. The monoisotopic (exact) mass is 121 g/mol. The fourth-order valence-corrected chi connectivity index (χ4v) is 0.232. The van der Waals surface area contributed by atoms with Crippen LogP contribution in [0.5, 0.6) is 0 Å². The molecule has 0 saturated carbocycles. The Morgan fingerprint density at radius 1 is 1.75 bits per heavy atom. The number of hydroxylamine groups is 1. The first-order chi connectivity index (χ1) is 3.81. The van der Waals surface area contributed by atoms with Crippen molar-refractivity contribution >= 4 is 0 Å². The number of aliphatic hydroxyl groups is 2. The Balaban J connectivity index is 2.86. The van der Waals surface area contributed by atoms with Crippen LogP contribution in [0.15, 0.2) is 0 Å². The zero-order chi connectivity index (χ0) is 6.41. The van der Waals surface area contributed by atoms with Crippen molar-refractivity contribution in [2.45, 2.75) is 6.10 Å². The van der Waals surface area contributed by atoms with Gasteiger partial charge in [0.25, 0.3) is 0 Å². The number of rotatable bonds is 4. The Bertz CT molecular complexity index is 50.5. The molecule has 0 aliphatic rings. The maximum absolute atomic E-state index is 8.57. The average Bonchev–Trinajstić information content (AvgIpc) is 1.83. The van der Waals surface area contributed by atoms with E-state index in [1.54, 1.807) is 7.05 Å². The van der Waals surface area contributed by atoms with Gasteiger partial charge in [0.15, 0.2) is 0 Å². The van der Waals surface area contributed by atoms with Crippen LogP contribution in [0.3, 0.4) is 0 Å². The minimum absolute atomic E-state index is 0.118. The molecular formula is C4H11NO3. The van der Waals surface area contributed by atoms with E-state index in [1.165, 1.54) is 0 Å². The minimum atomic E-state index is -0.776. The first-order valence-corrected chi connectivity index (χ1v) is 2.38. The third kappa shape index (κ3) is 4.01. The maximum atomic E-state index is 8.57. The van der Waals surface area contributed by atoms with Gasteiger partial charge in [0.05, 0.1) is 13.2 Å². The van der Waals surface area contributed by atoms with E-state index in [9.17, 15) is 0 Å². The topological polar surface area (TPSA) is 61.7 Å². The van der Waals surface area contributed by atoms with Crippen molar-refractivity contribution in [1.29, 1.82) is 0 Å². The van der Waals surface area contributed by atoms with Crippen molar-refractivity contribution in [3.63, 3.8) is 0 Å². The van der Waals surface area contributed by atoms with Gasteiger partial charge in [-0.1, -0.05) is 0 Å². The highest BCUT2D eigenvalue weighted by molar-refractivity contribution is 4.46. The predicted molar refractivity (Wildman–Crippen MR) is 28.1 cm³/mol. The van der Waals surface area contributed by atoms with Gasteiger partial charge in [-0.3, -0.25) is 4.84 Å². The van der Waals surface area contributed by atoms with Crippen LogP contribution in [0, 0.1) is 0 Å². The summed E-state index contributed by atoms with van der Waals surface area (Å²) < 4.78 is 0. The van der Waals surface area contributed by atoms with Gasteiger partial charge in [-0.15, -0.1) is 0 Å². The van der Waals surface area contributed by atoms with Crippen LogP contribution in [0.4, 0.5) is 0 Å². The van der Waals surface area contributed by atoms with Crippen molar-refractivity contribution in [3.05, 3.63) is 0 Å².